The molecule has 0 aromatic rings. The zero-order valence-corrected chi connectivity index (χ0v) is 37.8. The normalized spacial score (nSPS) is 22.6. The van der Waals surface area contributed by atoms with Gasteiger partial charge >= 0.3 is 19.8 Å². The van der Waals surface area contributed by atoms with Crippen LogP contribution >= 0.6 is 7.82 Å². The quantitative estimate of drug-likeness (QED) is 0.00897. The Morgan fingerprint density at radius 1 is 0.565 bits per heavy atom. The fourth-order valence-corrected chi connectivity index (χ4v) is 7.05. The van der Waals surface area contributed by atoms with Gasteiger partial charge in [-0.25, -0.2) is 4.57 Å². The number of ether oxygens (including phenoxy) is 2. The lowest BCUT2D eigenvalue weighted by molar-refractivity contribution is -0.220. The molecule has 3 unspecified atom stereocenters. The molecule has 8 atom stereocenters. The Bertz CT molecular complexity index is 1470. The van der Waals surface area contributed by atoms with Crippen LogP contribution in [-0.4, -0.2) is 104 Å². The highest BCUT2D eigenvalue weighted by atomic mass is 31.2. The number of carbonyl (C=O) groups excluding carboxylic acids is 3. The molecule has 1 aliphatic rings. The molecule has 0 heterocycles. The minimum atomic E-state index is -5.18. The van der Waals surface area contributed by atoms with Crippen LogP contribution in [0, 0.1) is 0 Å². The molecule has 6 N–H and O–H groups in total. The van der Waals surface area contributed by atoms with Gasteiger partial charge in [-0.3, -0.25) is 23.4 Å². The van der Waals surface area contributed by atoms with Crippen LogP contribution in [0.1, 0.15) is 136 Å². The van der Waals surface area contributed by atoms with E-state index >= 15 is 0 Å². The fourth-order valence-electron chi connectivity index (χ4n) is 6.08. The van der Waals surface area contributed by atoms with E-state index in [0.717, 1.165) is 70.6 Å². The van der Waals surface area contributed by atoms with Crippen molar-refractivity contribution in [3.05, 3.63) is 85.1 Å². The number of phosphoric ester groups is 1. The molecule has 15 heteroatoms. The summed E-state index contributed by atoms with van der Waals surface area (Å²) in [7, 11) is -5.18. The van der Waals surface area contributed by atoms with E-state index < -0.39 is 75.7 Å². The van der Waals surface area contributed by atoms with Crippen molar-refractivity contribution in [2.75, 3.05) is 13.2 Å². The lowest BCUT2D eigenvalue weighted by Crippen LogP contribution is -2.64. The lowest BCUT2D eigenvalue weighted by atomic mass is 9.85. The third-order valence-corrected chi connectivity index (χ3v) is 10.7. The van der Waals surface area contributed by atoms with E-state index in [1.807, 2.05) is 6.08 Å². The molecule has 1 rings (SSSR count). The number of rotatable bonds is 35. The molecule has 0 radical (unpaired) electrons. The van der Waals surface area contributed by atoms with Crippen molar-refractivity contribution in [2.24, 2.45) is 0 Å². The summed E-state index contributed by atoms with van der Waals surface area (Å²) >= 11 is 0. The molecule has 0 spiro atoms. The molecule has 0 bridgehead atoms. The minimum absolute atomic E-state index is 0.0222. The number of aliphatic hydroxyl groups excluding tert-OH is 5. The van der Waals surface area contributed by atoms with E-state index in [4.69, 9.17) is 18.5 Å². The second kappa shape index (κ2) is 36.1. The molecule has 1 aliphatic carbocycles. The van der Waals surface area contributed by atoms with Gasteiger partial charge in [0.25, 0.3) is 0 Å². The molecular formula is C47H75O14P. The van der Waals surface area contributed by atoms with Crippen LogP contribution in [0.25, 0.3) is 0 Å². The first-order valence-corrected chi connectivity index (χ1v) is 23.8. The summed E-state index contributed by atoms with van der Waals surface area (Å²) < 4.78 is 33.3. The Balaban J connectivity index is 2.59. The van der Waals surface area contributed by atoms with Crippen molar-refractivity contribution in [1.29, 1.82) is 0 Å². The highest BCUT2D eigenvalue weighted by molar-refractivity contribution is 7.47. The molecule has 1 saturated carbocycles. The van der Waals surface area contributed by atoms with Crippen molar-refractivity contribution >= 4 is 25.5 Å². The third kappa shape index (κ3) is 28.4. The summed E-state index contributed by atoms with van der Waals surface area (Å²) in [6, 6.07) is 0. The molecule has 352 valence electrons. The van der Waals surface area contributed by atoms with Gasteiger partial charge in [0.2, 0.25) is 0 Å². The number of hydrogen-bond acceptors (Lipinski definition) is 13. The number of unbranched alkanes of at least 4 members (excludes halogenated alkanes) is 8. The molecule has 0 aromatic heterocycles. The predicted molar refractivity (Wildman–Crippen MR) is 240 cm³/mol. The van der Waals surface area contributed by atoms with E-state index in [9.17, 15) is 49.4 Å². The first-order chi connectivity index (χ1) is 29.8. The first kappa shape index (κ1) is 56.7. The maximum atomic E-state index is 12.8. The zero-order valence-electron chi connectivity index (χ0n) is 36.9. The second-order valence-corrected chi connectivity index (χ2v) is 16.6. The van der Waals surface area contributed by atoms with Gasteiger partial charge in [-0.15, -0.1) is 0 Å². The highest BCUT2D eigenvalue weighted by Gasteiger charge is 2.51. The van der Waals surface area contributed by atoms with Gasteiger partial charge in [-0.1, -0.05) is 125 Å². The van der Waals surface area contributed by atoms with E-state index in [0.29, 0.717) is 6.42 Å². The minimum Gasteiger partial charge on any atom is -0.462 e. The standard InChI is InChI=1S/C47H75O14P/c1-3-5-7-9-11-13-15-17-18-20-22-24-26-28-30-34-41(50)60-39(37-59-62(56,57)61-47-45(54)43(52)42(51)44(53)46(47)55)36-58-40(49)35-31-33-38(48)32-29-27-25-23-21-19-16-14-12-10-8-6-4-2/h5,7,11-14,17-19,21,25,27,29,32,39,42-47,51-55H,3-4,6,8-10,15-16,20,22-24,26,28,30-31,33-37H2,1-2H3,(H,56,57)/b7-5-,13-11-,14-12-,18-17-,21-19-,27-25-,32-29+/t39-,42?,43-,44+,45-,46-,47?/m1/s1. The summed E-state index contributed by atoms with van der Waals surface area (Å²) in [5.74, 6) is -1.56. The third-order valence-electron chi connectivity index (χ3n) is 9.70. The number of ketones is 1. The molecular weight excluding hydrogens is 819 g/mol. The van der Waals surface area contributed by atoms with Gasteiger partial charge in [0, 0.05) is 19.3 Å². The van der Waals surface area contributed by atoms with E-state index in [1.165, 1.54) is 25.3 Å². The maximum absolute atomic E-state index is 12.8. The Morgan fingerprint density at radius 3 is 1.69 bits per heavy atom. The van der Waals surface area contributed by atoms with Gasteiger partial charge in [-0.2, -0.15) is 0 Å². The maximum Gasteiger partial charge on any atom is 0.472 e. The van der Waals surface area contributed by atoms with Crippen molar-refractivity contribution in [3.63, 3.8) is 0 Å². The van der Waals surface area contributed by atoms with Crippen LogP contribution in [0.3, 0.4) is 0 Å². The van der Waals surface area contributed by atoms with Gasteiger partial charge in [0.15, 0.2) is 11.9 Å². The van der Waals surface area contributed by atoms with Crippen LogP contribution in [0.4, 0.5) is 0 Å². The van der Waals surface area contributed by atoms with E-state index in [1.54, 1.807) is 12.2 Å². The monoisotopic (exact) mass is 894 g/mol. The summed E-state index contributed by atoms with van der Waals surface area (Å²) in [5.41, 5.74) is 0. The molecule has 62 heavy (non-hydrogen) atoms. The van der Waals surface area contributed by atoms with Crippen LogP contribution in [0.5, 0.6) is 0 Å². The summed E-state index contributed by atoms with van der Waals surface area (Å²) in [6.45, 7) is 2.91. The number of aliphatic hydroxyl groups is 5. The topological polar surface area (TPSA) is 227 Å². The first-order valence-electron chi connectivity index (χ1n) is 22.3. The van der Waals surface area contributed by atoms with Crippen LogP contribution in [-0.2, 0) is 37.5 Å². The Labute approximate surface area is 369 Å². The van der Waals surface area contributed by atoms with Crippen LogP contribution in [0.2, 0.25) is 0 Å². The van der Waals surface area contributed by atoms with E-state index in [2.05, 4.69) is 74.6 Å². The van der Waals surface area contributed by atoms with Gasteiger partial charge in [0.1, 0.15) is 43.2 Å². The predicted octanol–water partition coefficient (Wildman–Crippen LogP) is 7.68. The summed E-state index contributed by atoms with van der Waals surface area (Å²) in [5, 5.41) is 50.1. The SMILES string of the molecule is CC/C=C\C/C=C\C/C=C\CCCCCCCC(=O)O[C@H](COC(=O)CCCC(=O)/C=C/C=C\C/C=C\C/C=C\CCCCC)COP(=O)(O)OC1[C@H](O)[C@H](O)C(O)[C@H](O)[C@H]1O. The van der Waals surface area contributed by atoms with Crippen molar-refractivity contribution in [1.82, 2.24) is 0 Å². The average Bonchev–Trinajstić information content (AvgIpc) is 3.25. The van der Waals surface area contributed by atoms with Gasteiger partial charge < -0.3 is 39.9 Å². The second-order valence-electron chi connectivity index (χ2n) is 15.2. The molecule has 0 aromatic carbocycles. The largest absolute Gasteiger partial charge is 0.472 e. The van der Waals surface area contributed by atoms with Gasteiger partial charge in [-0.05, 0) is 76.7 Å². The Kier molecular flexibility index (Phi) is 33.0. The van der Waals surface area contributed by atoms with E-state index in [-0.39, 0.29) is 31.5 Å². The van der Waals surface area contributed by atoms with Gasteiger partial charge in [0.05, 0.1) is 6.61 Å². The molecule has 1 fully saturated rings. The molecule has 0 amide bonds. The Morgan fingerprint density at radius 2 is 1.08 bits per heavy atom. The van der Waals surface area contributed by atoms with Crippen LogP contribution < -0.4 is 0 Å². The Hall–Kier alpha value is -3.30. The average molecular weight is 895 g/mol. The summed E-state index contributed by atoms with van der Waals surface area (Å²) in [6.07, 6.45) is 29.2. The number of allylic oxidation sites excluding steroid dienone is 14. The molecule has 14 nitrogen and oxygen atoms in total. The highest BCUT2D eigenvalue weighted by Crippen LogP contribution is 2.47. The number of phosphoric acid groups is 1. The molecule has 0 saturated heterocycles. The number of carbonyl (C=O) groups is 3. The number of esters is 2. The lowest BCUT2D eigenvalue weighted by Gasteiger charge is -2.41. The van der Waals surface area contributed by atoms with Crippen molar-refractivity contribution < 1.29 is 67.9 Å². The molecule has 0 aliphatic heterocycles. The summed E-state index contributed by atoms with van der Waals surface area (Å²) in [4.78, 5) is 47.9. The van der Waals surface area contributed by atoms with Crippen molar-refractivity contribution in [2.45, 2.75) is 179 Å². The fraction of sp³-hybridized carbons (Fsp3) is 0.638. The van der Waals surface area contributed by atoms with Crippen LogP contribution in [0.15, 0.2) is 85.1 Å². The van der Waals surface area contributed by atoms with Crippen molar-refractivity contribution in [3.8, 4) is 0 Å². The smallest absolute Gasteiger partial charge is 0.462 e. The zero-order chi connectivity index (χ0) is 45.9. The number of hydrogen-bond donors (Lipinski definition) is 6.